The molecule has 3 heterocycles. The number of hydrogen-bond donors (Lipinski definition) is 1. The van der Waals surface area contributed by atoms with Crippen molar-refractivity contribution in [2.24, 2.45) is 5.92 Å². The molecule has 0 radical (unpaired) electrons. The molecule has 1 unspecified atom stereocenters. The third-order valence-corrected chi connectivity index (χ3v) is 6.04. The van der Waals surface area contributed by atoms with E-state index in [9.17, 15) is 4.79 Å². The van der Waals surface area contributed by atoms with E-state index in [1.165, 1.54) is 11.3 Å². The van der Waals surface area contributed by atoms with E-state index in [1.807, 2.05) is 37.4 Å². The number of methoxy groups -OCH3 is 1. The summed E-state index contributed by atoms with van der Waals surface area (Å²) < 4.78 is 5.38. The first-order chi connectivity index (χ1) is 13.7. The SMILES string of the molecule is CCc1nnc(NC(=O)C2CCCN(c3ccnc4ccc(OC)cc34)C2)s1. The Balaban J connectivity index is 1.53. The van der Waals surface area contributed by atoms with Gasteiger partial charge in [-0.3, -0.25) is 9.78 Å². The van der Waals surface area contributed by atoms with E-state index in [4.69, 9.17) is 4.74 Å². The van der Waals surface area contributed by atoms with Gasteiger partial charge in [-0.2, -0.15) is 0 Å². The largest absolute Gasteiger partial charge is 0.497 e. The van der Waals surface area contributed by atoms with Crippen molar-refractivity contribution in [3.05, 3.63) is 35.5 Å². The maximum absolute atomic E-state index is 12.8. The van der Waals surface area contributed by atoms with Crippen molar-refractivity contribution < 1.29 is 9.53 Å². The van der Waals surface area contributed by atoms with Crippen LogP contribution in [0.5, 0.6) is 5.75 Å². The lowest BCUT2D eigenvalue weighted by atomic mass is 9.96. The van der Waals surface area contributed by atoms with Crippen molar-refractivity contribution in [3.63, 3.8) is 0 Å². The summed E-state index contributed by atoms with van der Waals surface area (Å²) in [5.74, 6) is 0.729. The Morgan fingerprint density at radius 1 is 1.36 bits per heavy atom. The first-order valence-corrected chi connectivity index (χ1v) is 10.3. The van der Waals surface area contributed by atoms with Crippen LogP contribution in [0.25, 0.3) is 10.9 Å². The minimum Gasteiger partial charge on any atom is -0.497 e. The maximum Gasteiger partial charge on any atom is 0.231 e. The number of amides is 1. The van der Waals surface area contributed by atoms with Crippen LogP contribution in [0.4, 0.5) is 10.8 Å². The number of hydrogen-bond acceptors (Lipinski definition) is 7. The molecule has 0 bridgehead atoms. The van der Waals surface area contributed by atoms with E-state index in [1.54, 1.807) is 7.11 Å². The maximum atomic E-state index is 12.8. The summed E-state index contributed by atoms with van der Waals surface area (Å²) in [7, 11) is 1.66. The van der Waals surface area contributed by atoms with Crippen LogP contribution in [0.2, 0.25) is 0 Å². The van der Waals surface area contributed by atoms with Gasteiger partial charge in [0.05, 0.1) is 18.5 Å². The number of piperidine rings is 1. The minimum absolute atomic E-state index is 0.0134. The van der Waals surface area contributed by atoms with E-state index in [-0.39, 0.29) is 11.8 Å². The van der Waals surface area contributed by atoms with Crippen molar-refractivity contribution in [1.29, 1.82) is 0 Å². The van der Waals surface area contributed by atoms with Gasteiger partial charge in [-0.25, -0.2) is 0 Å². The second-order valence-corrected chi connectivity index (χ2v) is 7.90. The van der Waals surface area contributed by atoms with E-state index >= 15 is 0 Å². The number of nitrogens with zero attached hydrogens (tertiary/aromatic N) is 4. The summed E-state index contributed by atoms with van der Waals surface area (Å²) in [4.78, 5) is 19.5. The van der Waals surface area contributed by atoms with Crippen LogP contribution >= 0.6 is 11.3 Å². The molecule has 1 amide bonds. The van der Waals surface area contributed by atoms with Gasteiger partial charge in [0.1, 0.15) is 10.8 Å². The number of ether oxygens (including phenoxy) is 1. The lowest BCUT2D eigenvalue weighted by Crippen LogP contribution is -2.40. The van der Waals surface area contributed by atoms with Crippen LogP contribution in [0.3, 0.4) is 0 Å². The van der Waals surface area contributed by atoms with Crippen molar-refractivity contribution in [2.75, 3.05) is 30.4 Å². The first kappa shape index (κ1) is 18.6. The van der Waals surface area contributed by atoms with Gasteiger partial charge in [-0.15, -0.1) is 10.2 Å². The molecule has 1 fully saturated rings. The number of anilines is 2. The average molecular weight is 398 g/mol. The lowest BCUT2D eigenvalue weighted by molar-refractivity contribution is -0.120. The highest BCUT2D eigenvalue weighted by molar-refractivity contribution is 7.15. The first-order valence-electron chi connectivity index (χ1n) is 9.49. The minimum atomic E-state index is -0.0865. The number of carbonyl (C=O) groups excluding carboxylic acids is 1. The Labute approximate surface area is 167 Å². The average Bonchev–Trinajstić information content (AvgIpc) is 3.20. The normalized spacial score (nSPS) is 16.9. The summed E-state index contributed by atoms with van der Waals surface area (Å²) in [6, 6.07) is 7.90. The second-order valence-electron chi connectivity index (χ2n) is 6.84. The zero-order valence-electron chi connectivity index (χ0n) is 16.0. The summed E-state index contributed by atoms with van der Waals surface area (Å²) in [5.41, 5.74) is 2.01. The summed E-state index contributed by atoms with van der Waals surface area (Å²) in [6.07, 6.45) is 4.47. The van der Waals surface area contributed by atoms with Gasteiger partial charge in [-0.1, -0.05) is 18.3 Å². The molecule has 1 N–H and O–H groups in total. The van der Waals surface area contributed by atoms with Crippen LogP contribution in [-0.2, 0) is 11.2 Å². The van der Waals surface area contributed by atoms with E-state index in [0.717, 1.165) is 53.2 Å². The number of rotatable bonds is 5. The van der Waals surface area contributed by atoms with Crippen LogP contribution in [0.1, 0.15) is 24.8 Å². The van der Waals surface area contributed by atoms with Crippen LogP contribution in [0, 0.1) is 5.92 Å². The second kappa shape index (κ2) is 8.10. The number of fused-ring (bicyclic) bond motifs is 1. The molecule has 8 heteroatoms. The molecule has 1 atom stereocenters. The lowest BCUT2D eigenvalue weighted by Gasteiger charge is -2.34. The highest BCUT2D eigenvalue weighted by Crippen LogP contribution is 2.32. The van der Waals surface area contributed by atoms with Crippen molar-refractivity contribution >= 4 is 39.0 Å². The molecule has 4 rings (SSSR count). The fraction of sp³-hybridized carbons (Fsp3) is 0.400. The Morgan fingerprint density at radius 3 is 3.04 bits per heavy atom. The van der Waals surface area contributed by atoms with Gasteiger partial charge in [0, 0.05) is 30.4 Å². The monoisotopic (exact) mass is 397 g/mol. The molecule has 1 saturated heterocycles. The van der Waals surface area contributed by atoms with E-state index < -0.39 is 0 Å². The molecule has 146 valence electrons. The van der Waals surface area contributed by atoms with Gasteiger partial charge < -0.3 is 15.0 Å². The molecular weight excluding hydrogens is 374 g/mol. The predicted molar refractivity (Wildman–Crippen MR) is 111 cm³/mol. The fourth-order valence-corrected chi connectivity index (χ4v) is 4.26. The Kier molecular flexibility index (Phi) is 5.38. The van der Waals surface area contributed by atoms with Gasteiger partial charge in [0.25, 0.3) is 0 Å². The highest BCUT2D eigenvalue weighted by Gasteiger charge is 2.27. The van der Waals surface area contributed by atoms with E-state index in [2.05, 4.69) is 25.4 Å². The third-order valence-electron chi connectivity index (χ3n) is 5.06. The fourth-order valence-electron chi connectivity index (χ4n) is 3.58. The highest BCUT2D eigenvalue weighted by atomic mass is 32.1. The quantitative estimate of drug-likeness (QED) is 0.710. The Hall–Kier alpha value is -2.74. The summed E-state index contributed by atoms with van der Waals surface area (Å²) in [5, 5.41) is 13.6. The topological polar surface area (TPSA) is 80.2 Å². The molecular formula is C20H23N5O2S. The third kappa shape index (κ3) is 3.77. The predicted octanol–water partition coefficient (Wildman–Crippen LogP) is 3.51. The Morgan fingerprint density at radius 2 is 2.25 bits per heavy atom. The standard InChI is InChI=1S/C20H23N5O2S/c1-3-18-23-24-20(28-18)22-19(26)13-5-4-10-25(12-13)17-8-9-21-16-7-6-14(27-2)11-15(16)17/h6-9,11,13H,3-5,10,12H2,1-2H3,(H,22,24,26). The van der Waals surface area contributed by atoms with Gasteiger partial charge in [-0.05, 0) is 43.5 Å². The molecule has 0 spiro atoms. The number of aromatic nitrogens is 3. The number of benzene rings is 1. The summed E-state index contributed by atoms with van der Waals surface area (Å²) >= 11 is 1.44. The number of carbonyl (C=O) groups is 1. The molecule has 7 nitrogen and oxygen atoms in total. The zero-order valence-corrected chi connectivity index (χ0v) is 16.8. The molecule has 2 aromatic heterocycles. The molecule has 3 aromatic rings. The molecule has 0 saturated carbocycles. The zero-order chi connectivity index (χ0) is 19.5. The molecule has 0 aliphatic carbocycles. The van der Waals surface area contributed by atoms with Crippen LogP contribution in [-0.4, -0.2) is 41.3 Å². The smallest absolute Gasteiger partial charge is 0.231 e. The van der Waals surface area contributed by atoms with E-state index in [0.29, 0.717) is 11.7 Å². The van der Waals surface area contributed by atoms with Crippen molar-refractivity contribution in [1.82, 2.24) is 15.2 Å². The van der Waals surface area contributed by atoms with Crippen LogP contribution < -0.4 is 15.0 Å². The summed E-state index contributed by atoms with van der Waals surface area (Å²) in [6.45, 7) is 3.61. The number of aryl methyl sites for hydroxylation is 1. The van der Waals surface area contributed by atoms with Crippen molar-refractivity contribution in [3.8, 4) is 5.75 Å². The van der Waals surface area contributed by atoms with Gasteiger partial charge in [0.15, 0.2) is 0 Å². The number of pyridine rings is 1. The van der Waals surface area contributed by atoms with Crippen LogP contribution in [0.15, 0.2) is 30.5 Å². The van der Waals surface area contributed by atoms with Crippen molar-refractivity contribution in [2.45, 2.75) is 26.2 Å². The van der Waals surface area contributed by atoms with Gasteiger partial charge >= 0.3 is 0 Å². The van der Waals surface area contributed by atoms with Gasteiger partial charge in [0.2, 0.25) is 11.0 Å². The molecule has 1 aromatic carbocycles. The number of nitrogens with one attached hydrogen (secondary N) is 1. The molecule has 1 aliphatic heterocycles. The molecule has 28 heavy (non-hydrogen) atoms. The molecule has 1 aliphatic rings. The Bertz CT molecular complexity index is 990.